The molecule has 98 valence electrons. The van der Waals surface area contributed by atoms with Crippen LogP contribution in [0.15, 0.2) is 18.2 Å². The SMILES string of the molecule is CCNCCOc1ccc(C(F)(F)F)c(C#N)c1. The summed E-state index contributed by atoms with van der Waals surface area (Å²) in [7, 11) is 0. The van der Waals surface area contributed by atoms with Crippen molar-refractivity contribution in [2.45, 2.75) is 13.1 Å². The van der Waals surface area contributed by atoms with Crippen LogP contribution < -0.4 is 10.1 Å². The fraction of sp³-hybridized carbons (Fsp3) is 0.417. The van der Waals surface area contributed by atoms with E-state index in [4.69, 9.17) is 10.00 Å². The third kappa shape index (κ3) is 3.93. The Labute approximate surface area is 103 Å². The Morgan fingerprint density at radius 1 is 1.39 bits per heavy atom. The highest BCUT2D eigenvalue weighted by Crippen LogP contribution is 2.33. The van der Waals surface area contributed by atoms with Crippen LogP contribution in [0.2, 0.25) is 0 Å². The van der Waals surface area contributed by atoms with Crippen LogP contribution >= 0.6 is 0 Å². The molecule has 18 heavy (non-hydrogen) atoms. The summed E-state index contributed by atoms with van der Waals surface area (Å²) in [5, 5.41) is 11.7. The van der Waals surface area contributed by atoms with E-state index in [1.807, 2.05) is 6.92 Å². The van der Waals surface area contributed by atoms with E-state index in [0.29, 0.717) is 13.2 Å². The monoisotopic (exact) mass is 258 g/mol. The van der Waals surface area contributed by atoms with E-state index in [2.05, 4.69) is 5.32 Å². The van der Waals surface area contributed by atoms with E-state index in [1.54, 1.807) is 0 Å². The molecule has 0 aliphatic rings. The van der Waals surface area contributed by atoms with E-state index in [1.165, 1.54) is 12.1 Å². The summed E-state index contributed by atoms with van der Waals surface area (Å²) in [5.74, 6) is 0.262. The molecular formula is C12H13F3N2O. The van der Waals surface area contributed by atoms with Crippen molar-refractivity contribution in [1.29, 1.82) is 5.26 Å². The molecule has 1 aromatic carbocycles. The molecule has 6 heteroatoms. The van der Waals surface area contributed by atoms with Crippen LogP contribution in [0.25, 0.3) is 0 Å². The van der Waals surface area contributed by atoms with Crippen LogP contribution in [-0.4, -0.2) is 19.7 Å². The van der Waals surface area contributed by atoms with Gasteiger partial charge >= 0.3 is 6.18 Å². The van der Waals surface area contributed by atoms with Crippen LogP contribution in [-0.2, 0) is 6.18 Å². The Balaban J connectivity index is 2.77. The fourth-order valence-electron chi connectivity index (χ4n) is 1.37. The normalized spacial score (nSPS) is 11.1. The zero-order valence-electron chi connectivity index (χ0n) is 9.84. The lowest BCUT2D eigenvalue weighted by atomic mass is 10.1. The number of hydrogen-bond donors (Lipinski definition) is 1. The number of benzene rings is 1. The van der Waals surface area contributed by atoms with E-state index in [-0.39, 0.29) is 5.75 Å². The molecule has 0 amide bonds. The van der Waals surface area contributed by atoms with Crippen molar-refractivity contribution < 1.29 is 17.9 Å². The first-order chi connectivity index (χ1) is 8.49. The number of hydrogen-bond acceptors (Lipinski definition) is 3. The number of nitrogens with zero attached hydrogens (tertiary/aromatic N) is 1. The third-order valence-corrected chi connectivity index (χ3v) is 2.21. The summed E-state index contributed by atoms with van der Waals surface area (Å²) in [5.41, 5.74) is -1.37. The number of ether oxygens (including phenoxy) is 1. The molecule has 0 atom stereocenters. The highest BCUT2D eigenvalue weighted by Gasteiger charge is 2.33. The van der Waals surface area contributed by atoms with Crippen molar-refractivity contribution in [3.05, 3.63) is 29.3 Å². The van der Waals surface area contributed by atoms with Gasteiger partial charge in [0.05, 0.1) is 17.2 Å². The van der Waals surface area contributed by atoms with Gasteiger partial charge in [-0.2, -0.15) is 18.4 Å². The van der Waals surface area contributed by atoms with Gasteiger partial charge in [-0.1, -0.05) is 6.92 Å². The van der Waals surface area contributed by atoms with Crippen molar-refractivity contribution in [3.63, 3.8) is 0 Å². The molecule has 0 heterocycles. The second kappa shape index (κ2) is 6.26. The lowest BCUT2D eigenvalue weighted by molar-refractivity contribution is -0.137. The molecule has 0 aromatic heterocycles. The van der Waals surface area contributed by atoms with Crippen molar-refractivity contribution in [2.24, 2.45) is 0 Å². The van der Waals surface area contributed by atoms with Crippen LogP contribution in [0.1, 0.15) is 18.1 Å². The highest BCUT2D eigenvalue weighted by atomic mass is 19.4. The number of likely N-dealkylation sites (N-methyl/N-ethyl adjacent to an activating group) is 1. The van der Waals surface area contributed by atoms with Gasteiger partial charge in [-0.05, 0) is 24.7 Å². The first-order valence-electron chi connectivity index (χ1n) is 5.44. The predicted octanol–water partition coefficient (Wildman–Crippen LogP) is 2.57. The van der Waals surface area contributed by atoms with Crippen molar-refractivity contribution in [3.8, 4) is 11.8 Å². The van der Waals surface area contributed by atoms with Crippen LogP contribution in [0.4, 0.5) is 13.2 Å². The minimum absolute atomic E-state index is 0.262. The van der Waals surface area contributed by atoms with Gasteiger partial charge < -0.3 is 10.1 Å². The van der Waals surface area contributed by atoms with Crippen LogP contribution in [0.5, 0.6) is 5.75 Å². The summed E-state index contributed by atoms with van der Waals surface area (Å²) in [6.45, 7) is 3.66. The third-order valence-electron chi connectivity index (χ3n) is 2.21. The lowest BCUT2D eigenvalue weighted by Crippen LogP contribution is -2.20. The predicted molar refractivity (Wildman–Crippen MR) is 60.2 cm³/mol. The van der Waals surface area contributed by atoms with Gasteiger partial charge in [0.25, 0.3) is 0 Å². The van der Waals surface area contributed by atoms with Gasteiger partial charge in [-0.3, -0.25) is 0 Å². The Hall–Kier alpha value is -1.74. The molecule has 0 radical (unpaired) electrons. The van der Waals surface area contributed by atoms with Crippen molar-refractivity contribution in [1.82, 2.24) is 5.32 Å². The number of nitriles is 1. The minimum Gasteiger partial charge on any atom is -0.492 e. The van der Waals surface area contributed by atoms with E-state index in [9.17, 15) is 13.2 Å². The van der Waals surface area contributed by atoms with E-state index >= 15 is 0 Å². The number of alkyl halides is 3. The summed E-state index contributed by atoms with van der Waals surface area (Å²) >= 11 is 0. The molecule has 0 fully saturated rings. The highest BCUT2D eigenvalue weighted by molar-refractivity contribution is 5.44. The first-order valence-corrected chi connectivity index (χ1v) is 5.44. The molecule has 1 rings (SSSR count). The Kier molecular flexibility index (Phi) is 4.98. The fourth-order valence-corrected chi connectivity index (χ4v) is 1.37. The molecule has 0 bridgehead atoms. The molecule has 0 aliphatic heterocycles. The summed E-state index contributed by atoms with van der Waals surface area (Å²) in [6.07, 6.45) is -4.52. The van der Waals surface area contributed by atoms with Gasteiger partial charge in [-0.15, -0.1) is 0 Å². The topological polar surface area (TPSA) is 45.0 Å². The van der Waals surface area contributed by atoms with Gasteiger partial charge in [0.1, 0.15) is 12.4 Å². The first kappa shape index (κ1) is 14.3. The zero-order chi connectivity index (χ0) is 13.6. The molecule has 1 aromatic rings. The number of nitrogens with one attached hydrogen (secondary N) is 1. The summed E-state index contributed by atoms with van der Waals surface area (Å²) in [4.78, 5) is 0. The van der Waals surface area contributed by atoms with Gasteiger partial charge in [0.15, 0.2) is 0 Å². The Morgan fingerprint density at radius 2 is 2.11 bits per heavy atom. The van der Waals surface area contributed by atoms with Crippen LogP contribution in [0, 0.1) is 11.3 Å². The summed E-state index contributed by atoms with van der Waals surface area (Å²) < 4.78 is 42.8. The average molecular weight is 258 g/mol. The molecule has 1 N–H and O–H groups in total. The second-order valence-electron chi connectivity index (χ2n) is 3.52. The Bertz CT molecular complexity index is 438. The maximum absolute atomic E-state index is 12.5. The average Bonchev–Trinajstić information content (AvgIpc) is 2.33. The molecule has 0 aliphatic carbocycles. The molecule has 0 spiro atoms. The van der Waals surface area contributed by atoms with E-state index in [0.717, 1.165) is 18.7 Å². The number of rotatable bonds is 5. The minimum atomic E-state index is -4.52. The standard InChI is InChI=1S/C12H13F3N2O/c1-2-17-5-6-18-10-3-4-11(12(13,14)15)9(7-10)8-16/h3-4,7,17H,2,5-6H2,1H3. The molecule has 0 saturated carbocycles. The van der Waals surface area contributed by atoms with Gasteiger partial charge in [-0.25, -0.2) is 0 Å². The zero-order valence-corrected chi connectivity index (χ0v) is 9.84. The quantitative estimate of drug-likeness (QED) is 0.825. The maximum Gasteiger partial charge on any atom is 0.417 e. The maximum atomic E-state index is 12.5. The smallest absolute Gasteiger partial charge is 0.417 e. The molecule has 0 unspecified atom stereocenters. The largest absolute Gasteiger partial charge is 0.492 e. The van der Waals surface area contributed by atoms with E-state index < -0.39 is 17.3 Å². The number of halogens is 3. The van der Waals surface area contributed by atoms with Crippen molar-refractivity contribution >= 4 is 0 Å². The van der Waals surface area contributed by atoms with Gasteiger partial charge in [0.2, 0.25) is 0 Å². The van der Waals surface area contributed by atoms with Crippen molar-refractivity contribution in [2.75, 3.05) is 19.7 Å². The van der Waals surface area contributed by atoms with Crippen LogP contribution in [0.3, 0.4) is 0 Å². The molecular weight excluding hydrogens is 245 g/mol. The second-order valence-corrected chi connectivity index (χ2v) is 3.52. The molecule has 3 nitrogen and oxygen atoms in total. The van der Waals surface area contributed by atoms with Gasteiger partial charge in [0, 0.05) is 6.54 Å². The lowest BCUT2D eigenvalue weighted by Gasteiger charge is -2.11. The summed E-state index contributed by atoms with van der Waals surface area (Å²) in [6, 6.07) is 4.71. The molecule has 0 saturated heterocycles. The Morgan fingerprint density at radius 3 is 2.67 bits per heavy atom.